The highest BCUT2D eigenvalue weighted by molar-refractivity contribution is 6.30. The number of halogens is 1. The summed E-state index contributed by atoms with van der Waals surface area (Å²) in [4.78, 5) is 12.5. The van der Waals surface area contributed by atoms with Crippen LogP contribution in [0.25, 0.3) is 22.3 Å². The van der Waals surface area contributed by atoms with E-state index in [1.165, 1.54) is 5.56 Å². The number of rotatable bonds is 5. The van der Waals surface area contributed by atoms with Crippen LogP contribution in [0.3, 0.4) is 0 Å². The molecule has 3 heteroatoms. The Balaban J connectivity index is 1.78. The third-order valence-corrected chi connectivity index (χ3v) is 5.50. The molecule has 0 fully saturated rings. The summed E-state index contributed by atoms with van der Waals surface area (Å²) in [5.74, 6) is 0.0845. The second-order valence-electron chi connectivity index (χ2n) is 7.26. The Kier molecular flexibility index (Phi) is 5.37. The quantitative estimate of drug-likeness (QED) is 0.330. The standard InChI is InChI=1S/C26H22ClNO/c1-18-26(19(2)29)25(17-28(18)16-20-7-4-3-5-8-20)23-10-6-9-22(15-23)21-11-13-24(27)14-12-21/h3-15,17H,16H2,1-2H3. The Bertz CT molecular complexity index is 1160. The molecule has 0 aliphatic carbocycles. The molecule has 1 heterocycles. The van der Waals surface area contributed by atoms with Crippen LogP contribution < -0.4 is 0 Å². The summed E-state index contributed by atoms with van der Waals surface area (Å²) in [5, 5.41) is 0.720. The first kappa shape index (κ1) is 19.2. The van der Waals surface area contributed by atoms with Gasteiger partial charge in [0.1, 0.15) is 0 Å². The second-order valence-corrected chi connectivity index (χ2v) is 7.70. The van der Waals surface area contributed by atoms with Crippen molar-refractivity contribution in [3.8, 4) is 22.3 Å². The third-order valence-electron chi connectivity index (χ3n) is 5.25. The maximum Gasteiger partial charge on any atom is 0.162 e. The van der Waals surface area contributed by atoms with Gasteiger partial charge in [-0.2, -0.15) is 0 Å². The Labute approximate surface area is 176 Å². The predicted molar refractivity (Wildman–Crippen MR) is 121 cm³/mol. The van der Waals surface area contributed by atoms with Crippen molar-refractivity contribution in [3.05, 3.63) is 107 Å². The molecule has 2 nitrogen and oxygen atoms in total. The maximum absolute atomic E-state index is 12.5. The smallest absolute Gasteiger partial charge is 0.162 e. The van der Waals surface area contributed by atoms with E-state index < -0.39 is 0 Å². The van der Waals surface area contributed by atoms with Crippen LogP contribution in [0.2, 0.25) is 5.02 Å². The van der Waals surface area contributed by atoms with Crippen LogP contribution in [0.15, 0.2) is 85.1 Å². The largest absolute Gasteiger partial charge is 0.346 e. The van der Waals surface area contributed by atoms with Crippen molar-refractivity contribution in [2.24, 2.45) is 0 Å². The lowest BCUT2D eigenvalue weighted by Gasteiger charge is -2.07. The Morgan fingerprint density at radius 1 is 0.862 bits per heavy atom. The van der Waals surface area contributed by atoms with E-state index in [-0.39, 0.29) is 5.78 Å². The van der Waals surface area contributed by atoms with Gasteiger partial charge in [-0.25, -0.2) is 0 Å². The van der Waals surface area contributed by atoms with E-state index in [9.17, 15) is 4.79 Å². The first-order valence-corrected chi connectivity index (χ1v) is 10.0. The van der Waals surface area contributed by atoms with Crippen molar-refractivity contribution in [1.82, 2.24) is 4.57 Å². The SMILES string of the molecule is CC(=O)c1c(-c2cccc(-c3ccc(Cl)cc3)c2)cn(Cc2ccccc2)c1C. The second kappa shape index (κ2) is 8.10. The number of hydrogen-bond acceptors (Lipinski definition) is 1. The molecule has 3 aromatic carbocycles. The molecule has 0 N–H and O–H groups in total. The van der Waals surface area contributed by atoms with Crippen molar-refractivity contribution >= 4 is 17.4 Å². The fourth-order valence-corrected chi connectivity index (χ4v) is 3.90. The van der Waals surface area contributed by atoms with Gasteiger partial charge >= 0.3 is 0 Å². The number of Topliss-reactive ketones (excluding diaryl/α,β-unsaturated/α-hetero) is 1. The minimum atomic E-state index is 0.0845. The lowest BCUT2D eigenvalue weighted by molar-refractivity contribution is 0.101. The molecule has 4 aromatic rings. The van der Waals surface area contributed by atoms with E-state index in [0.717, 1.165) is 45.1 Å². The number of aromatic nitrogens is 1. The molecule has 0 radical (unpaired) electrons. The van der Waals surface area contributed by atoms with Crippen LogP contribution in [0.1, 0.15) is 28.5 Å². The van der Waals surface area contributed by atoms with Crippen molar-refractivity contribution in [1.29, 1.82) is 0 Å². The number of ketones is 1. The van der Waals surface area contributed by atoms with Crippen LogP contribution in [-0.2, 0) is 6.54 Å². The molecule has 1 aromatic heterocycles. The Hall–Kier alpha value is -3.10. The van der Waals surface area contributed by atoms with Gasteiger partial charge in [-0.05, 0) is 54.3 Å². The molecule has 4 rings (SSSR count). The maximum atomic E-state index is 12.5. The van der Waals surface area contributed by atoms with E-state index >= 15 is 0 Å². The zero-order chi connectivity index (χ0) is 20.4. The van der Waals surface area contributed by atoms with Gasteiger partial charge in [-0.15, -0.1) is 0 Å². The van der Waals surface area contributed by atoms with Gasteiger partial charge in [0.15, 0.2) is 5.78 Å². The van der Waals surface area contributed by atoms with Gasteiger partial charge in [0.2, 0.25) is 0 Å². The average Bonchev–Trinajstić information content (AvgIpc) is 3.06. The number of benzene rings is 3. The molecule has 0 spiro atoms. The minimum Gasteiger partial charge on any atom is -0.346 e. The van der Waals surface area contributed by atoms with Gasteiger partial charge < -0.3 is 4.57 Å². The predicted octanol–water partition coefficient (Wildman–Crippen LogP) is 7.03. The normalized spacial score (nSPS) is 10.9. The average molecular weight is 400 g/mol. The molecule has 0 saturated carbocycles. The number of carbonyl (C=O) groups excluding carboxylic acids is 1. The number of hydrogen-bond donors (Lipinski definition) is 0. The zero-order valence-electron chi connectivity index (χ0n) is 16.5. The molecule has 0 atom stereocenters. The summed E-state index contributed by atoms with van der Waals surface area (Å²) < 4.78 is 2.16. The molecule has 0 bridgehead atoms. The number of carbonyl (C=O) groups is 1. The molecule has 0 aliphatic heterocycles. The van der Waals surface area contributed by atoms with E-state index in [0.29, 0.717) is 0 Å². The van der Waals surface area contributed by atoms with Crippen LogP contribution in [0, 0.1) is 6.92 Å². The topological polar surface area (TPSA) is 22.0 Å². The highest BCUT2D eigenvalue weighted by Crippen LogP contribution is 2.32. The van der Waals surface area contributed by atoms with Crippen molar-refractivity contribution in [2.45, 2.75) is 20.4 Å². The van der Waals surface area contributed by atoms with E-state index in [2.05, 4.69) is 41.1 Å². The molecule has 0 saturated heterocycles. The summed E-state index contributed by atoms with van der Waals surface area (Å²) >= 11 is 6.03. The Morgan fingerprint density at radius 3 is 2.24 bits per heavy atom. The lowest BCUT2D eigenvalue weighted by Crippen LogP contribution is -2.02. The molecule has 0 amide bonds. The van der Waals surface area contributed by atoms with Crippen molar-refractivity contribution < 1.29 is 4.79 Å². The lowest BCUT2D eigenvalue weighted by atomic mass is 9.96. The van der Waals surface area contributed by atoms with Gasteiger partial charge in [0.05, 0.1) is 0 Å². The van der Waals surface area contributed by atoms with Gasteiger partial charge in [0, 0.05) is 34.6 Å². The molecule has 0 aliphatic rings. The molecule has 144 valence electrons. The summed E-state index contributed by atoms with van der Waals surface area (Å²) in [6.07, 6.45) is 2.10. The third kappa shape index (κ3) is 4.03. The van der Waals surface area contributed by atoms with Crippen LogP contribution in [0.4, 0.5) is 0 Å². The fraction of sp³-hybridized carbons (Fsp3) is 0.115. The Morgan fingerprint density at radius 2 is 1.55 bits per heavy atom. The molecular weight excluding hydrogens is 378 g/mol. The van der Waals surface area contributed by atoms with E-state index in [1.54, 1.807) is 6.92 Å². The summed E-state index contributed by atoms with van der Waals surface area (Å²) in [7, 11) is 0. The molecule has 29 heavy (non-hydrogen) atoms. The van der Waals surface area contributed by atoms with Crippen molar-refractivity contribution in [3.63, 3.8) is 0 Å². The van der Waals surface area contributed by atoms with Crippen LogP contribution in [0.5, 0.6) is 0 Å². The number of nitrogens with zero attached hydrogens (tertiary/aromatic N) is 1. The van der Waals surface area contributed by atoms with Crippen LogP contribution >= 0.6 is 11.6 Å². The van der Waals surface area contributed by atoms with Gasteiger partial charge in [-0.3, -0.25) is 4.79 Å². The summed E-state index contributed by atoms with van der Waals surface area (Å²) in [5.41, 5.74) is 7.20. The zero-order valence-corrected chi connectivity index (χ0v) is 17.3. The monoisotopic (exact) mass is 399 g/mol. The summed E-state index contributed by atoms with van der Waals surface area (Å²) in [6, 6.07) is 26.4. The first-order chi connectivity index (χ1) is 14.0. The molecular formula is C26H22ClNO. The van der Waals surface area contributed by atoms with E-state index in [4.69, 9.17) is 11.6 Å². The fourth-order valence-electron chi connectivity index (χ4n) is 3.77. The van der Waals surface area contributed by atoms with Gasteiger partial charge in [-0.1, -0.05) is 72.3 Å². The van der Waals surface area contributed by atoms with Crippen LogP contribution in [-0.4, -0.2) is 10.4 Å². The van der Waals surface area contributed by atoms with Gasteiger partial charge in [0.25, 0.3) is 0 Å². The summed E-state index contributed by atoms with van der Waals surface area (Å²) in [6.45, 7) is 4.40. The highest BCUT2D eigenvalue weighted by Gasteiger charge is 2.18. The minimum absolute atomic E-state index is 0.0845. The van der Waals surface area contributed by atoms with Crippen molar-refractivity contribution in [2.75, 3.05) is 0 Å². The highest BCUT2D eigenvalue weighted by atomic mass is 35.5. The first-order valence-electron chi connectivity index (χ1n) is 9.64. The molecule has 0 unspecified atom stereocenters. The van der Waals surface area contributed by atoms with E-state index in [1.807, 2.05) is 55.5 Å².